The minimum Gasteiger partial charge on any atom is -0.493 e. The summed E-state index contributed by atoms with van der Waals surface area (Å²) in [6.45, 7) is 6.82. The number of nitrogens with one attached hydrogen (secondary N) is 2. The van der Waals surface area contributed by atoms with Crippen LogP contribution in [0.15, 0.2) is 54.9 Å². The van der Waals surface area contributed by atoms with Crippen LogP contribution in [-0.4, -0.2) is 61.4 Å². The number of aryl methyl sites for hydroxylation is 1. The van der Waals surface area contributed by atoms with E-state index in [0.717, 1.165) is 60.6 Å². The zero-order valence-electron chi connectivity index (χ0n) is 20.5. The van der Waals surface area contributed by atoms with E-state index in [1.807, 2.05) is 42.6 Å². The summed E-state index contributed by atoms with van der Waals surface area (Å²) in [6, 6.07) is 15.9. The molecular weight excluding hydrogens is 454 g/mol. The maximum atomic E-state index is 10.1. The van der Waals surface area contributed by atoms with E-state index in [0.29, 0.717) is 35.1 Å². The maximum absolute atomic E-state index is 10.1. The van der Waals surface area contributed by atoms with Crippen LogP contribution in [0.2, 0.25) is 0 Å². The third-order valence-corrected chi connectivity index (χ3v) is 6.54. The van der Waals surface area contributed by atoms with Gasteiger partial charge < -0.3 is 24.5 Å². The number of aromatic amines is 1. The Morgan fingerprint density at radius 3 is 2.78 bits per heavy atom. The molecule has 36 heavy (non-hydrogen) atoms. The number of methoxy groups -OCH3 is 1. The minimum atomic E-state index is 0.467. The van der Waals surface area contributed by atoms with Gasteiger partial charge in [0.05, 0.1) is 31.7 Å². The Morgan fingerprint density at radius 2 is 1.97 bits per heavy atom. The van der Waals surface area contributed by atoms with Crippen molar-refractivity contribution >= 4 is 22.3 Å². The standard InChI is InChI=1S/C28H29N5O3/c1-19-21-7-9-30-24(21)5-4-23(19)32-25-8-10-31-28(22(25)18-29)20-3-6-26(27(17-20)34-2)36-16-13-33-11-14-35-15-12-33/h3-10,17,30H,11-16H2,1-2H3,(H,31,32). The number of hydrogen-bond donors (Lipinski definition) is 2. The Labute approximate surface area is 210 Å². The molecule has 1 fully saturated rings. The van der Waals surface area contributed by atoms with Gasteiger partial charge in [-0.25, -0.2) is 0 Å². The fourth-order valence-electron chi connectivity index (χ4n) is 4.51. The first-order valence-corrected chi connectivity index (χ1v) is 12.0. The molecule has 0 saturated carbocycles. The molecule has 184 valence electrons. The highest BCUT2D eigenvalue weighted by molar-refractivity contribution is 5.89. The largest absolute Gasteiger partial charge is 0.493 e. The Balaban J connectivity index is 1.38. The fraction of sp³-hybridized carbons (Fsp3) is 0.286. The number of rotatable bonds is 8. The number of morpholine rings is 1. The quantitative estimate of drug-likeness (QED) is 0.369. The Bertz CT molecular complexity index is 1400. The van der Waals surface area contributed by atoms with Gasteiger partial charge in [-0.3, -0.25) is 9.88 Å². The molecule has 8 nitrogen and oxygen atoms in total. The van der Waals surface area contributed by atoms with Crippen molar-refractivity contribution in [2.24, 2.45) is 0 Å². The number of fused-ring (bicyclic) bond motifs is 1. The molecule has 4 aromatic rings. The highest BCUT2D eigenvalue weighted by atomic mass is 16.5. The van der Waals surface area contributed by atoms with E-state index in [1.165, 1.54) is 0 Å². The number of pyridine rings is 1. The Kier molecular flexibility index (Phi) is 7.03. The predicted octanol–water partition coefficient (Wildman–Crippen LogP) is 4.87. The van der Waals surface area contributed by atoms with Crippen LogP contribution in [0.1, 0.15) is 11.1 Å². The lowest BCUT2D eigenvalue weighted by atomic mass is 10.0. The molecule has 2 aromatic carbocycles. The number of H-pyrrole nitrogens is 1. The van der Waals surface area contributed by atoms with Gasteiger partial charge >= 0.3 is 0 Å². The second-order valence-electron chi connectivity index (χ2n) is 8.66. The number of nitriles is 1. The van der Waals surface area contributed by atoms with E-state index in [9.17, 15) is 5.26 Å². The summed E-state index contributed by atoms with van der Waals surface area (Å²) in [5.74, 6) is 1.27. The van der Waals surface area contributed by atoms with Gasteiger partial charge in [-0.1, -0.05) is 0 Å². The van der Waals surface area contributed by atoms with Crippen LogP contribution in [0.5, 0.6) is 11.5 Å². The van der Waals surface area contributed by atoms with E-state index in [2.05, 4.69) is 39.2 Å². The lowest BCUT2D eigenvalue weighted by Crippen LogP contribution is -2.38. The third kappa shape index (κ3) is 4.85. The number of ether oxygens (including phenoxy) is 3. The first kappa shape index (κ1) is 23.7. The molecule has 0 spiro atoms. The number of hydrogen-bond acceptors (Lipinski definition) is 7. The number of aromatic nitrogens is 2. The Hall–Kier alpha value is -4.06. The highest BCUT2D eigenvalue weighted by Gasteiger charge is 2.16. The average molecular weight is 484 g/mol. The van der Waals surface area contributed by atoms with Gasteiger partial charge in [0.25, 0.3) is 0 Å². The predicted molar refractivity (Wildman–Crippen MR) is 140 cm³/mol. The highest BCUT2D eigenvalue weighted by Crippen LogP contribution is 2.36. The lowest BCUT2D eigenvalue weighted by Gasteiger charge is -2.26. The van der Waals surface area contributed by atoms with E-state index in [4.69, 9.17) is 14.2 Å². The third-order valence-electron chi connectivity index (χ3n) is 6.54. The van der Waals surface area contributed by atoms with Gasteiger partial charge in [-0.05, 0) is 55.0 Å². The molecule has 2 N–H and O–H groups in total. The summed E-state index contributed by atoms with van der Waals surface area (Å²) >= 11 is 0. The Morgan fingerprint density at radius 1 is 1.11 bits per heavy atom. The summed E-state index contributed by atoms with van der Waals surface area (Å²) < 4.78 is 17.0. The summed E-state index contributed by atoms with van der Waals surface area (Å²) in [7, 11) is 1.62. The molecular formula is C28H29N5O3. The molecule has 0 radical (unpaired) electrons. The number of nitrogens with zero attached hydrogens (tertiary/aromatic N) is 3. The van der Waals surface area contributed by atoms with Crippen molar-refractivity contribution in [3.63, 3.8) is 0 Å². The van der Waals surface area contributed by atoms with E-state index >= 15 is 0 Å². The summed E-state index contributed by atoms with van der Waals surface area (Å²) in [5, 5.41) is 14.6. The topological polar surface area (TPSA) is 95.4 Å². The molecule has 5 rings (SSSR count). The van der Waals surface area contributed by atoms with Gasteiger partial charge in [0.1, 0.15) is 18.2 Å². The average Bonchev–Trinajstić information content (AvgIpc) is 3.41. The fourth-order valence-corrected chi connectivity index (χ4v) is 4.51. The van der Waals surface area contributed by atoms with Crippen LogP contribution in [0.3, 0.4) is 0 Å². The van der Waals surface area contributed by atoms with E-state index in [1.54, 1.807) is 13.3 Å². The van der Waals surface area contributed by atoms with Crippen LogP contribution in [0.25, 0.3) is 22.2 Å². The monoisotopic (exact) mass is 483 g/mol. The molecule has 1 aliphatic heterocycles. The van der Waals surface area contributed by atoms with Gasteiger partial charge in [-0.15, -0.1) is 0 Å². The van der Waals surface area contributed by atoms with Crippen LogP contribution >= 0.6 is 0 Å². The van der Waals surface area contributed by atoms with Gasteiger partial charge in [0.15, 0.2) is 11.5 Å². The van der Waals surface area contributed by atoms with Gasteiger partial charge in [0.2, 0.25) is 0 Å². The molecule has 1 aliphatic rings. The first-order chi connectivity index (χ1) is 17.7. The number of anilines is 2. The van der Waals surface area contributed by atoms with Crippen molar-refractivity contribution in [3.8, 4) is 28.8 Å². The second kappa shape index (κ2) is 10.7. The molecule has 3 heterocycles. The van der Waals surface area contributed by atoms with Gasteiger partial charge in [-0.2, -0.15) is 5.26 Å². The van der Waals surface area contributed by atoms with E-state index < -0.39 is 0 Å². The summed E-state index contributed by atoms with van der Waals surface area (Å²) in [6.07, 6.45) is 3.64. The van der Waals surface area contributed by atoms with Crippen LogP contribution in [-0.2, 0) is 4.74 Å². The zero-order valence-corrected chi connectivity index (χ0v) is 20.5. The molecule has 0 unspecified atom stereocenters. The summed E-state index contributed by atoms with van der Waals surface area (Å²) in [5.41, 5.74) is 5.66. The molecule has 8 heteroatoms. The zero-order chi connectivity index (χ0) is 24.9. The molecule has 2 aromatic heterocycles. The van der Waals surface area contributed by atoms with Crippen molar-refractivity contribution in [2.75, 3.05) is 51.9 Å². The van der Waals surface area contributed by atoms with Crippen LogP contribution < -0.4 is 14.8 Å². The normalized spacial score (nSPS) is 13.9. The number of benzene rings is 2. The van der Waals surface area contributed by atoms with E-state index in [-0.39, 0.29) is 0 Å². The second-order valence-corrected chi connectivity index (χ2v) is 8.66. The first-order valence-electron chi connectivity index (χ1n) is 12.0. The van der Waals surface area contributed by atoms with Crippen LogP contribution in [0, 0.1) is 18.3 Å². The SMILES string of the molecule is COc1cc(-c2nccc(Nc3ccc4[nH]ccc4c3C)c2C#N)ccc1OCCN1CCOCC1. The molecule has 1 saturated heterocycles. The smallest absolute Gasteiger partial charge is 0.161 e. The lowest BCUT2D eigenvalue weighted by molar-refractivity contribution is 0.0321. The van der Waals surface area contributed by atoms with Crippen LogP contribution in [0.4, 0.5) is 11.4 Å². The van der Waals surface area contributed by atoms with Gasteiger partial charge in [0, 0.05) is 54.2 Å². The van der Waals surface area contributed by atoms with Crippen molar-refractivity contribution < 1.29 is 14.2 Å². The molecule has 0 bridgehead atoms. The molecule has 0 aliphatic carbocycles. The minimum absolute atomic E-state index is 0.467. The molecule has 0 atom stereocenters. The van der Waals surface area contributed by atoms with Crippen molar-refractivity contribution in [3.05, 3.63) is 66.0 Å². The molecule has 0 amide bonds. The van der Waals surface area contributed by atoms with Crippen molar-refractivity contribution in [1.82, 2.24) is 14.9 Å². The maximum Gasteiger partial charge on any atom is 0.161 e. The van der Waals surface area contributed by atoms with Crippen molar-refractivity contribution in [2.45, 2.75) is 6.92 Å². The van der Waals surface area contributed by atoms with Crippen molar-refractivity contribution in [1.29, 1.82) is 5.26 Å². The summed E-state index contributed by atoms with van der Waals surface area (Å²) in [4.78, 5) is 10.1.